The molecule has 1 saturated carbocycles. The van der Waals surface area contributed by atoms with E-state index in [0.717, 1.165) is 29.5 Å². The quantitative estimate of drug-likeness (QED) is 0.365. The number of anilines is 3. The molecule has 0 saturated heterocycles. The number of amides is 3. The number of nitrogens with one attached hydrogen (secondary N) is 1. The van der Waals surface area contributed by atoms with Crippen molar-refractivity contribution in [3.63, 3.8) is 0 Å². The van der Waals surface area contributed by atoms with Crippen molar-refractivity contribution in [1.82, 2.24) is 4.98 Å². The van der Waals surface area contributed by atoms with Crippen LogP contribution in [0.3, 0.4) is 0 Å². The average Bonchev–Trinajstić information content (AvgIpc) is 3.53. The van der Waals surface area contributed by atoms with E-state index in [1.54, 1.807) is 24.3 Å². The van der Waals surface area contributed by atoms with Crippen LogP contribution in [0.4, 0.5) is 29.7 Å². The minimum absolute atomic E-state index is 0.0363. The molecule has 13 heteroatoms. The molecule has 1 fully saturated rings. The molecule has 0 aliphatic heterocycles. The van der Waals surface area contributed by atoms with Crippen LogP contribution in [-0.2, 0) is 15.8 Å². The fraction of sp³-hybridized carbons (Fsp3) is 0.217. The summed E-state index contributed by atoms with van der Waals surface area (Å²) in [4.78, 5) is 44.0. The van der Waals surface area contributed by atoms with Crippen molar-refractivity contribution in [2.75, 3.05) is 10.2 Å². The lowest BCUT2D eigenvalue weighted by molar-refractivity contribution is -0.137. The Balaban J connectivity index is 1.70. The van der Waals surface area contributed by atoms with Crippen LogP contribution in [0.25, 0.3) is 0 Å². The molecule has 0 unspecified atom stereocenters. The molecule has 4 rings (SSSR count). The van der Waals surface area contributed by atoms with Gasteiger partial charge in [0.05, 0.1) is 27.7 Å². The van der Waals surface area contributed by atoms with Gasteiger partial charge in [-0.2, -0.15) is 13.2 Å². The van der Waals surface area contributed by atoms with Gasteiger partial charge in [-0.05, 0) is 62.2 Å². The largest absolute Gasteiger partial charge is 0.416 e. The number of hydrogen-bond acceptors (Lipinski definition) is 5. The topological polar surface area (TPSA) is 105 Å². The molecule has 0 spiro atoms. The predicted octanol–water partition coefficient (Wildman–Crippen LogP) is 5.96. The molecule has 3 N–H and O–H groups in total. The Morgan fingerprint density at radius 1 is 1.11 bits per heavy atom. The maximum absolute atomic E-state index is 13.4. The summed E-state index contributed by atoms with van der Waals surface area (Å²) in [5, 5.41) is 2.77. The van der Waals surface area contributed by atoms with E-state index in [1.807, 2.05) is 0 Å². The van der Waals surface area contributed by atoms with Crippen LogP contribution in [0, 0.1) is 12.3 Å². The number of nitrogens with zero attached hydrogens (tertiary/aromatic N) is 2. The molecule has 0 radical (unpaired) electrons. The van der Waals surface area contributed by atoms with Crippen molar-refractivity contribution >= 4 is 68.8 Å². The predicted molar refractivity (Wildman–Crippen MR) is 131 cm³/mol. The Morgan fingerprint density at radius 2 is 1.75 bits per heavy atom. The number of carbonyl (C=O) groups excluding carboxylic acids is 3. The Kier molecular flexibility index (Phi) is 6.76. The zero-order chi connectivity index (χ0) is 26.4. The number of rotatable bonds is 6. The molecule has 3 amide bonds. The number of aryl methyl sites for hydroxylation is 1. The van der Waals surface area contributed by atoms with Gasteiger partial charge in [0.25, 0.3) is 5.91 Å². The molecule has 188 valence electrons. The van der Waals surface area contributed by atoms with Crippen LogP contribution in [0.2, 0.25) is 10.0 Å². The smallest absolute Gasteiger partial charge is 0.369 e. The number of primary amides is 1. The van der Waals surface area contributed by atoms with E-state index in [0.29, 0.717) is 10.7 Å². The van der Waals surface area contributed by atoms with Gasteiger partial charge in [-0.3, -0.25) is 19.3 Å². The molecule has 1 aliphatic carbocycles. The van der Waals surface area contributed by atoms with E-state index in [1.165, 1.54) is 11.8 Å². The second-order valence-electron chi connectivity index (χ2n) is 8.12. The first kappa shape index (κ1) is 25.9. The molecule has 0 bridgehead atoms. The number of alkyl halides is 3. The third-order valence-electron chi connectivity index (χ3n) is 5.64. The van der Waals surface area contributed by atoms with Crippen molar-refractivity contribution < 1.29 is 27.6 Å². The summed E-state index contributed by atoms with van der Waals surface area (Å²) < 4.78 is 39.3. The van der Waals surface area contributed by atoms with Crippen LogP contribution in [0.5, 0.6) is 0 Å². The number of thiazole rings is 1. The highest BCUT2D eigenvalue weighted by Crippen LogP contribution is 2.49. The maximum atomic E-state index is 13.4. The third kappa shape index (κ3) is 4.91. The van der Waals surface area contributed by atoms with Crippen LogP contribution in [0.1, 0.15) is 33.8 Å². The van der Waals surface area contributed by atoms with E-state index in [4.69, 9.17) is 28.9 Å². The Labute approximate surface area is 217 Å². The van der Waals surface area contributed by atoms with Crippen LogP contribution in [-0.4, -0.2) is 22.7 Å². The zero-order valence-electron chi connectivity index (χ0n) is 18.5. The first-order valence-electron chi connectivity index (χ1n) is 10.4. The molecule has 1 aromatic heterocycles. The Hall–Kier alpha value is -3.15. The summed E-state index contributed by atoms with van der Waals surface area (Å²) in [6.07, 6.45) is -4.08. The molecule has 1 heterocycles. The summed E-state index contributed by atoms with van der Waals surface area (Å²) in [7, 11) is 0. The first-order valence-corrected chi connectivity index (χ1v) is 12.0. The molecule has 0 atom stereocenters. The third-order valence-corrected chi connectivity index (χ3v) is 7.37. The van der Waals surface area contributed by atoms with E-state index < -0.39 is 34.9 Å². The molecule has 1 aliphatic rings. The minimum Gasteiger partial charge on any atom is -0.369 e. The summed E-state index contributed by atoms with van der Waals surface area (Å²) in [6.45, 7) is 1.51. The van der Waals surface area contributed by atoms with Gasteiger partial charge in [-0.25, -0.2) is 4.98 Å². The van der Waals surface area contributed by atoms with Crippen molar-refractivity contribution in [3.8, 4) is 0 Å². The van der Waals surface area contributed by atoms with Gasteiger partial charge < -0.3 is 11.1 Å². The number of carbonyl (C=O) groups is 3. The van der Waals surface area contributed by atoms with Gasteiger partial charge in [0, 0.05) is 5.02 Å². The summed E-state index contributed by atoms with van der Waals surface area (Å²) in [5.74, 6) is -2.13. The van der Waals surface area contributed by atoms with Crippen molar-refractivity contribution in [3.05, 3.63) is 68.6 Å². The van der Waals surface area contributed by atoms with Gasteiger partial charge in [-0.1, -0.05) is 34.5 Å². The monoisotopic (exact) mass is 556 g/mol. The average molecular weight is 557 g/mol. The minimum atomic E-state index is -4.63. The standard InChI is InChI=1S/C23H17Cl2F3N4O3S/c1-11-17(18(33)31-16-10-12(23(26,27)28)2-7-15(16)25)36-21(30-11)32(14-5-3-13(24)4-6-14)20(35)22(8-9-22)19(29)34/h2-7,10H,8-9H2,1H3,(H2,29,34)(H,31,33). The Morgan fingerprint density at radius 3 is 2.31 bits per heavy atom. The fourth-order valence-corrected chi connectivity index (χ4v) is 4.75. The highest BCUT2D eigenvalue weighted by molar-refractivity contribution is 7.18. The summed E-state index contributed by atoms with van der Waals surface area (Å²) >= 11 is 12.8. The van der Waals surface area contributed by atoms with Crippen LogP contribution < -0.4 is 16.0 Å². The number of halogens is 5. The number of aromatic nitrogens is 1. The molecule has 2 aromatic carbocycles. The van der Waals surface area contributed by atoms with Gasteiger partial charge in [-0.15, -0.1) is 0 Å². The molecular weight excluding hydrogens is 540 g/mol. The van der Waals surface area contributed by atoms with Crippen molar-refractivity contribution in [2.24, 2.45) is 11.1 Å². The fourth-order valence-electron chi connectivity index (χ4n) is 3.47. The lowest BCUT2D eigenvalue weighted by Crippen LogP contribution is -2.41. The first-order chi connectivity index (χ1) is 16.8. The normalized spacial score (nSPS) is 14.3. The zero-order valence-corrected chi connectivity index (χ0v) is 20.8. The number of nitrogens with two attached hydrogens (primary N) is 1. The van der Waals surface area contributed by atoms with Gasteiger partial charge >= 0.3 is 6.18 Å². The Bertz CT molecular complexity index is 1370. The van der Waals surface area contributed by atoms with Gasteiger partial charge in [0.15, 0.2) is 5.13 Å². The highest BCUT2D eigenvalue weighted by Gasteiger charge is 2.58. The lowest BCUT2D eigenvalue weighted by Gasteiger charge is -2.24. The molecule has 36 heavy (non-hydrogen) atoms. The molecule has 3 aromatic rings. The molecular formula is C23H17Cl2F3N4O3S. The number of benzene rings is 2. The lowest BCUT2D eigenvalue weighted by atomic mass is 10.0. The van der Waals surface area contributed by atoms with Gasteiger partial charge in [0.1, 0.15) is 10.3 Å². The second kappa shape index (κ2) is 9.38. The maximum Gasteiger partial charge on any atom is 0.416 e. The van der Waals surface area contributed by atoms with E-state index in [-0.39, 0.29) is 39.3 Å². The van der Waals surface area contributed by atoms with Crippen molar-refractivity contribution in [2.45, 2.75) is 25.9 Å². The van der Waals surface area contributed by atoms with Crippen molar-refractivity contribution in [1.29, 1.82) is 0 Å². The summed E-state index contributed by atoms with van der Waals surface area (Å²) in [5.41, 5.74) is 3.46. The second-order valence-corrected chi connectivity index (χ2v) is 9.94. The van der Waals surface area contributed by atoms with Crippen LogP contribution >= 0.6 is 34.5 Å². The van der Waals surface area contributed by atoms with Gasteiger partial charge in [0.2, 0.25) is 11.8 Å². The highest BCUT2D eigenvalue weighted by atomic mass is 35.5. The number of hydrogen-bond donors (Lipinski definition) is 2. The van der Waals surface area contributed by atoms with E-state index in [9.17, 15) is 27.6 Å². The van der Waals surface area contributed by atoms with E-state index >= 15 is 0 Å². The van der Waals surface area contributed by atoms with E-state index in [2.05, 4.69) is 10.3 Å². The SMILES string of the molecule is Cc1nc(N(C(=O)C2(C(N)=O)CC2)c2ccc(Cl)cc2)sc1C(=O)Nc1cc(C(F)(F)F)ccc1Cl. The summed E-state index contributed by atoms with van der Waals surface area (Å²) in [6, 6.07) is 8.76. The van der Waals surface area contributed by atoms with Crippen LogP contribution in [0.15, 0.2) is 42.5 Å². The molecule has 7 nitrogen and oxygen atoms in total.